The Morgan fingerprint density at radius 2 is 1.89 bits per heavy atom. The lowest BCUT2D eigenvalue weighted by Crippen LogP contribution is -2.19. The Morgan fingerprint density at radius 1 is 1.33 bits per heavy atom. The molecule has 1 N–H and O–H groups in total. The van der Waals surface area contributed by atoms with E-state index in [1.54, 1.807) is 6.92 Å². The molecular weight excluding hydrogens is 247 g/mol. The van der Waals surface area contributed by atoms with Crippen LogP contribution in [0.3, 0.4) is 0 Å². The van der Waals surface area contributed by atoms with Crippen molar-refractivity contribution in [2.75, 3.05) is 5.32 Å². The van der Waals surface area contributed by atoms with Gasteiger partial charge in [-0.1, -0.05) is 6.92 Å². The van der Waals surface area contributed by atoms with Gasteiger partial charge in [-0.25, -0.2) is 4.79 Å². The number of carbonyl (C=O) groups is 1. The third-order valence-electron chi connectivity index (χ3n) is 2.34. The minimum absolute atomic E-state index is 0.237. The van der Waals surface area contributed by atoms with Gasteiger partial charge in [0, 0.05) is 5.69 Å². The number of benzene rings is 1. The first-order chi connectivity index (χ1) is 8.32. The molecule has 1 atom stereocenters. The van der Waals surface area contributed by atoms with Crippen LogP contribution < -0.4 is 5.32 Å². The first-order valence-corrected chi connectivity index (χ1v) is 5.47. The molecule has 0 bridgehead atoms. The number of halogens is 3. The summed E-state index contributed by atoms with van der Waals surface area (Å²) in [6.07, 6.45) is -4.63. The number of carbonyl (C=O) groups excluding carboxylic acids is 1. The fourth-order valence-electron chi connectivity index (χ4n) is 1.16. The number of nitrogens with one attached hydrogen (secondary N) is 1. The molecule has 0 radical (unpaired) electrons. The van der Waals surface area contributed by atoms with Crippen LogP contribution in [0.5, 0.6) is 0 Å². The van der Waals surface area contributed by atoms with E-state index < -0.39 is 17.8 Å². The molecule has 1 unspecified atom stereocenters. The highest BCUT2D eigenvalue weighted by Gasteiger charge is 2.29. The number of rotatable bonds is 3. The van der Waals surface area contributed by atoms with Crippen molar-refractivity contribution >= 4 is 11.8 Å². The minimum atomic E-state index is -4.38. The van der Waals surface area contributed by atoms with Gasteiger partial charge in [0.05, 0.1) is 5.56 Å². The Bertz CT molecular complexity index is 401. The SMILES string of the molecule is CCC(C)OC(=O)Nc1ccc(C(F)(F)F)cc1. The summed E-state index contributed by atoms with van der Waals surface area (Å²) in [5.41, 5.74) is -0.500. The summed E-state index contributed by atoms with van der Waals surface area (Å²) in [4.78, 5) is 11.3. The molecule has 0 heterocycles. The predicted octanol–water partition coefficient (Wildman–Crippen LogP) is 4.05. The van der Waals surface area contributed by atoms with E-state index in [0.29, 0.717) is 6.42 Å². The van der Waals surface area contributed by atoms with Crippen molar-refractivity contribution in [2.24, 2.45) is 0 Å². The van der Waals surface area contributed by atoms with Crippen LogP contribution in [0, 0.1) is 0 Å². The van der Waals surface area contributed by atoms with Gasteiger partial charge in [-0.3, -0.25) is 5.32 Å². The fourth-order valence-corrected chi connectivity index (χ4v) is 1.16. The predicted molar refractivity (Wildman–Crippen MR) is 61.3 cm³/mol. The van der Waals surface area contributed by atoms with E-state index in [4.69, 9.17) is 4.74 Å². The zero-order valence-corrected chi connectivity index (χ0v) is 10.0. The molecule has 0 aliphatic rings. The lowest BCUT2D eigenvalue weighted by molar-refractivity contribution is -0.137. The van der Waals surface area contributed by atoms with E-state index in [9.17, 15) is 18.0 Å². The van der Waals surface area contributed by atoms with E-state index in [1.807, 2.05) is 6.92 Å². The lowest BCUT2D eigenvalue weighted by atomic mass is 10.2. The second-order valence-electron chi connectivity index (χ2n) is 3.82. The third-order valence-corrected chi connectivity index (χ3v) is 2.34. The smallest absolute Gasteiger partial charge is 0.416 e. The molecule has 0 aliphatic heterocycles. The van der Waals surface area contributed by atoms with Crippen LogP contribution in [0.15, 0.2) is 24.3 Å². The van der Waals surface area contributed by atoms with Crippen molar-refractivity contribution in [1.82, 2.24) is 0 Å². The van der Waals surface area contributed by atoms with Crippen LogP contribution in [-0.2, 0) is 10.9 Å². The number of hydrogen-bond donors (Lipinski definition) is 1. The Morgan fingerprint density at radius 3 is 2.33 bits per heavy atom. The molecule has 0 fully saturated rings. The molecule has 1 aromatic rings. The van der Waals surface area contributed by atoms with E-state index >= 15 is 0 Å². The molecule has 18 heavy (non-hydrogen) atoms. The Hall–Kier alpha value is -1.72. The van der Waals surface area contributed by atoms with Gasteiger partial charge >= 0.3 is 12.3 Å². The molecule has 1 aromatic carbocycles. The summed E-state index contributed by atoms with van der Waals surface area (Å²) < 4.78 is 41.8. The molecule has 0 aliphatic carbocycles. The van der Waals surface area contributed by atoms with Crippen molar-refractivity contribution in [3.63, 3.8) is 0 Å². The average molecular weight is 261 g/mol. The zero-order valence-electron chi connectivity index (χ0n) is 10.0. The summed E-state index contributed by atoms with van der Waals surface area (Å²) in [5, 5.41) is 2.36. The van der Waals surface area contributed by atoms with Gasteiger partial charge in [0.15, 0.2) is 0 Å². The molecular formula is C12H14F3NO2. The molecule has 3 nitrogen and oxygen atoms in total. The monoisotopic (exact) mass is 261 g/mol. The Labute approximate surface area is 103 Å². The normalized spacial score (nSPS) is 12.9. The summed E-state index contributed by atoms with van der Waals surface area (Å²) in [7, 11) is 0. The third kappa shape index (κ3) is 4.27. The molecule has 6 heteroatoms. The largest absolute Gasteiger partial charge is 0.446 e. The molecule has 1 rings (SSSR count). The highest BCUT2D eigenvalue weighted by Crippen LogP contribution is 2.29. The van der Waals surface area contributed by atoms with Crippen molar-refractivity contribution in [3.8, 4) is 0 Å². The average Bonchev–Trinajstić information content (AvgIpc) is 2.28. The second kappa shape index (κ2) is 5.75. The summed E-state index contributed by atoms with van der Waals surface area (Å²) in [6, 6.07) is 4.17. The molecule has 0 spiro atoms. The maximum absolute atomic E-state index is 12.3. The standard InChI is InChI=1S/C12H14F3NO2/c1-3-8(2)18-11(17)16-10-6-4-9(5-7-10)12(13,14)15/h4-8H,3H2,1-2H3,(H,16,17). The molecule has 0 saturated carbocycles. The molecule has 0 saturated heterocycles. The van der Waals surface area contributed by atoms with Crippen molar-refractivity contribution in [2.45, 2.75) is 32.5 Å². The fraction of sp³-hybridized carbons (Fsp3) is 0.417. The zero-order chi connectivity index (χ0) is 13.8. The van der Waals surface area contributed by atoms with Gasteiger partial charge in [-0.15, -0.1) is 0 Å². The van der Waals surface area contributed by atoms with E-state index in [-0.39, 0.29) is 11.8 Å². The Balaban J connectivity index is 2.61. The first-order valence-electron chi connectivity index (χ1n) is 5.47. The Kier molecular flexibility index (Phi) is 4.58. The van der Waals surface area contributed by atoms with Crippen LogP contribution in [0.25, 0.3) is 0 Å². The summed E-state index contributed by atoms with van der Waals surface area (Å²) in [5.74, 6) is 0. The van der Waals surface area contributed by atoms with Gasteiger partial charge < -0.3 is 4.74 Å². The second-order valence-corrected chi connectivity index (χ2v) is 3.82. The highest BCUT2D eigenvalue weighted by atomic mass is 19.4. The van der Waals surface area contributed by atoms with Gasteiger partial charge in [0.1, 0.15) is 6.10 Å². The van der Waals surface area contributed by atoms with Crippen LogP contribution >= 0.6 is 0 Å². The van der Waals surface area contributed by atoms with Gasteiger partial charge in [0.25, 0.3) is 0 Å². The van der Waals surface area contributed by atoms with E-state index in [1.165, 1.54) is 12.1 Å². The molecule has 1 amide bonds. The van der Waals surface area contributed by atoms with Crippen LogP contribution in [0.1, 0.15) is 25.8 Å². The number of amides is 1. The maximum Gasteiger partial charge on any atom is 0.416 e. The van der Waals surface area contributed by atoms with Gasteiger partial charge in [-0.05, 0) is 37.6 Å². The number of hydrogen-bond acceptors (Lipinski definition) is 2. The summed E-state index contributed by atoms with van der Waals surface area (Å²) >= 11 is 0. The molecule has 100 valence electrons. The number of anilines is 1. The quantitative estimate of drug-likeness (QED) is 0.891. The van der Waals surface area contributed by atoms with Crippen molar-refractivity contribution in [3.05, 3.63) is 29.8 Å². The van der Waals surface area contributed by atoms with E-state index in [2.05, 4.69) is 5.32 Å². The van der Waals surface area contributed by atoms with Crippen LogP contribution in [-0.4, -0.2) is 12.2 Å². The summed E-state index contributed by atoms with van der Waals surface area (Å²) in [6.45, 7) is 3.59. The highest BCUT2D eigenvalue weighted by molar-refractivity contribution is 5.84. The maximum atomic E-state index is 12.3. The molecule has 0 aromatic heterocycles. The van der Waals surface area contributed by atoms with Gasteiger partial charge in [0.2, 0.25) is 0 Å². The number of alkyl halides is 3. The topological polar surface area (TPSA) is 38.3 Å². The first kappa shape index (κ1) is 14.3. The minimum Gasteiger partial charge on any atom is -0.446 e. The van der Waals surface area contributed by atoms with E-state index in [0.717, 1.165) is 12.1 Å². The van der Waals surface area contributed by atoms with Crippen LogP contribution in [0.2, 0.25) is 0 Å². The lowest BCUT2D eigenvalue weighted by Gasteiger charge is -2.12. The van der Waals surface area contributed by atoms with Crippen LogP contribution in [0.4, 0.5) is 23.7 Å². The van der Waals surface area contributed by atoms with Crippen molar-refractivity contribution in [1.29, 1.82) is 0 Å². The van der Waals surface area contributed by atoms with Gasteiger partial charge in [-0.2, -0.15) is 13.2 Å². The van der Waals surface area contributed by atoms with Crippen molar-refractivity contribution < 1.29 is 22.7 Å². The number of ether oxygens (including phenoxy) is 1.